The molecular formula is C23H37NY2-2. The fourth-order valence-corrected chi connectivity index (χ4v) is 1.05. The van der Waals surface area contributed by atoms with Crippen LogP contribution >= 0.6 is 0 Å². The van der Waals surface area contributed by atoms with Crippen LogP contribution in [0.25, 0.3) is 0 Å². The van der Waals surface area contributed by atoms with Crippen molar-refractivity contribution in [1.82, 2.24) is 4.98 Å². The van der Waals surface area contributed by atoms with Gasteiger partial charge in [0.15, 0.2) is 0 Å². The Labute approximate surface area is 215 Å². The van der Waals surface area contributed by atoms with Crippen molar-refractivity contribution in [2.75, 3.05) is 0 Å². The van der Waals surface area contributed by atoms with Gasteiger partial charge in [0.05, 0.1) is 0 Å². The van der Waals surface area contributed by atoms with Crippen LogP contribution in [0.4, 0.5) is 0 Å². The number of allylic oxidation sites excluding steroid dienone is 4. The summed E-state index contributed by atoms with van der Waals surface area (Å²) in [6.07, 6.45) is 13.0. The van der Waals surface area contributed by atoms with Crippen molar-refractivity contribution in [3.05, 3.63) is 98.7 Å². The zero-order valence-corrected chi connectivity index (χ0v) is 23.6. The van der Waals surface area contributed by atoms with Gasteiger partial charge in [0, 0.05) is 77.8 Å². The smallest absolute Gasteiger partial charge is 0.0267 e. The molecule has 0 fully saturated rings. The van der Waals surface area contributed by atoms with Gasteiger partial charge in [0.1, 0.15) is 0 Å². The molecular weight excluding hydrogens is 468 g/mol. The number of rotatable bonds is 0. The fourth-order valence-electron chi connectivity index (χ4n) is 1.05. The third-order valence-electron chi connectivity index (χ3n) is 1.83. The molecule has 2 radical (unpaired) electrons. The van der Waals surface area contributed by atoms with E-state index in [4.69, 9.17) is 0 Å². The third-order valence-corrected chi connectivity index (χ3v) is 1.83. The molecule has 0 saturated heterocycles. The van der Waals surface area contributed by atoms with Gasteiger partial charge in [-0.1, -0.05) is 71.9 Å². The van der Waals surface area contributed by atoms with Crippen molar-refractivity contribution >= 4 is 0 Å². The molecule has 3 rings (SSSR count). The summed E-state index contributed by atoms with van der Waals surface area (Å²) in [5.41, 5.74) is 0. The molecule has 1 aliphatic carbocycles. The van der Waals surface area contributed by atoms with E-state index in [2.05, 4.69) is 35.4 Å². The monoisotopic (exact) mass is 505 g/mol. The number of pyridine rings is 1. The molecule has 2 aromatic rings. The average molecular weight is 505 g/mol. The number of hydrogen-bond acceptors (Lipinski definition) is 1. The summed E-state index contributed by atoms with van der Waals surface area (Å²) < 4.78 is 0. The van der Waals surface area contributed by atoms with Crippen molar-refractivity contribution in [3.8, 4) is 0 Å². The van der Waals surface area contributed by atoms with Crippen LogP contribution in [0.2, 0.25) is 0 Å². The van der Waals surface area contributed by atoms with Crippen LogP contribution in [0.5, 0.6) is 0 Å². The Kier molecular flexibility index (Phi) is 78.0. The Bertz CT molecular complexity index is 320. The van der Waals surface area contributed by atoms with E-state index in [1.54, 1.807) is 12.4 Å². The van der Waals surface area contributed by atoms with Crippen molar-refractivity contribution < 1.29 is 65.4 Å². The normalized spacial score (nSPS) is 7.77. The van der Waals surface area contributed by atoms with E-state index in [1.807, 2.05) is 90.1 Å². The van der Waals surface area contributed by atoms with Crippen LogP contribution in [-0.4, -0.2) is 4.98 Å². The number of nitrogens with zero attached hydrogens (tertiary/aromatic N) is 1. The molecule has 26 heavy (non-hydrogen) atoms. The second kappa shape index (κ2) is 49.8. The Morgan fingerprint density at radius 2 is 1.00 bits per heavy atom. The Balaban J connectivity index is -0.0000000482. The van der Waals surface area contributed by atoms with Crippen LogP contribution in [0, 0.1) is 13.5 Å². The molecule has 0 unspecified atom stereocenters. The van der Waals surface area contributed by atoms with E-state index in [-0.39, 0.29) is 72.8 Å². The number of hydrogen-bond donors (Lipinski definition) is 0. The molecule has 1 aromatic carbocycles. The van der Waals surface area contributed by atoms with Crippen molar-refractivity contribution in [2.45, 2.75) is 48.0 Å². The van der Waals surface area contributed by atoms with Gasteiger partial charge in [-0.05, 0) is 18.6 Å². The van der Waals surface area contributed by atoms with E-state index in [9.17, 15) is 0 Å². The standard InChI is InChI=1S/C6H5.C5H5N.C5H6.3C2H6.CH3.2Y/c2*1-2-4-6-5-3-1;1-2-4-5-3-1;3*1-2;;;/h2*1-5H;1-4H,5H2;3*1-2H3;1H3;;/q-1;;;;;;-1;;. The second-order valence-electron chi connectivity index (χ2n) is 3.19. The predicted molar refractivity (Wildman–Crippen MR) is 113 cm³/mol. The molecule has 1 aromatic heterocycles. The molecule has 0 atom stereocenters. The quantitative estimate of drug-likeness (QED) is 0.336. The van der Waals surface area contributed by atoms with Crippen LogP contribution in [0.1, 0.15) is 48.0 Å². The maximum absolute atomic E-state index is 3.78. The number of aromatic nitrogens is 1. The first kappa shape index (κ1) is 40.7. The van der Waals surface area contributed by atoms with Crippen LogP contribution in [-0.2, 0) is 65.4 Å². The largest absolute Gasteiger partial charge is 0.358 e. The summed E-state index contributed by atoms with van der Waals surface area (Å²) in [5.74, 6) is 0. The SMILES string of the molecule is C1=CCC=C1.CC.CC.CC.[CH3-].[Y].[Y].[c-]1ccccc1.c1ccncc1. The van der Waals surface area contributed by atoms with Crippen LogP contribution in [0.15, 0.2) is 85.2 Å². The van der Waals surface area contributed by atoms with Gasteiger partial charge < -0.3 is 7.43 Å². The van der Waals surface area contributed by atoms with Gasteiger partial charge >= 0.3 is 0 Å². The van der Waals surface area contributed by atoms with Gasteiger partial charge in [-0.2, -0.15) is 36.4 Å². The second-order valence-corrected chi connectivity index (χ2v) is 3.19. The minimum atomic E-state index is 0. The van der Waals surface area contributed by atoms with E-state index in [1.165, 1.54) is 0 Å². The minimum Gasteiger partial charge on any atom is -0.358 e. The van der Waals surface area contributed by atoms with Crippen molar-refractivity contribution in [2.24, 2.45) is 0 Å². The Morgan fingerprint density at radius 1 is 0.615 bits per heavy atom. The molecule has 0 saturated carbocycles. The van der Waals surface area contributed by atoms with E-state index in [0.717, 1.165) is 6.42 Å². The third kappa shape index (κ3) is 44.0. The maximum atomic E-state index is 3.78. The van der Waals surface area contributed by atoms with Crippen LogP contribution < -0.4 is 0 Å². The zero-order valence-electron chi connectivity index (χ0n) is 17.9. The van der Waals surface area contributed by atoms with Gasteiger partial charge in [0.25, 0.3) is 0 Å². The summed E-state index contributed by atoms with van der Waals surface area (Å²) >= 11 is 0. The molecule has 1 nitrogen and oxygen atoms in total. The summed E-state index contributed by atoms with van der Waals surface area (Å²) in [6.45, 7) is 12.0. The predicted octanol–water partition coefficient (Wildman–Crippen LogP) is 7.59. The molecule has 0 amide bonds. The summed E-state index contributed by atoms with van der Waals surface area (Å²) in [5, 5.41) is 0. The van der Waals surface area contributed by atoms with E-state index < -0.39 is 0 Å². The molecule has 3 heteroatoms. The van der Waals surface area contributed by atoms with Gasteiger partial charge in [-0.15, -0.1) is 0 Å². The van der Waals surface area contributed by atoms with E-state index >= 15 is 0 Å². The van der Waals surface area contributed by atoms with Gasteiger partial charge in [0.2, 0.25) is 0 Å². The number of benzene rings is 1. The molecule has 142 valence electrons. The first-order valence-corrected chi connectivity index (χ1v) is 8.58. The molecule has 1 heterocycles. The summed E-state index contributed by atoms with van der Waals surface area (Å²) in [6, 6.07) is 18.2. The molecule has 0 aliphatic heterocycles. The first-order valence-electron chi connectivity index (χ1n) is 8.58. The summed E-state index contributed by atoms with van der Waals surface area (Å²) in [7, 11) is 0. The first-order chi connectivity index (χ1) is 11.5. The molecule has 0 bridgehead atoms. The van der Waals surface area contributed by atoms with Crippen molar-refractivity contribution in [1.29, 1.82) is 0 Å². The Hall–Kier alpha value is 0.0578. The van der Waals surface area contributed by atoms with E-state index in [0.29, 0.717) is 0 Å². The van der Waals surface area contributed by atoms with Crippen LogP contribution in [0.3, 0.4) is 0 Å². The molecule has 0 N–H and O–H groups in total. The van der Waals surface area contributed by atoms with Crippen molar-refractivity contribution in [3.63, 3.8) is 0 Å². The Morgan fingerprint density at radius 3 is 1.12 bits per heavy atom. The minimum absolute atomic E-state index is 0. The van der Waals surface area contributed by atoms with Gasteiger partial charge in [-0.25, -0.2) is 0 Å². The molecule has 1 aliphatic rings. The molecule has 0 spiro atoms. The van der Waals surface area contributed by atoms with Gasteiger partial charge in [-0.3, -0.25) is 4.98 Å². The summed E-state index contributed by atoms with van der Waals surface area (Å²) in [4.78, 5) is 3.78. The fraction of sp³-hybridized carbons (Fsp3) is 0.304. The maximum Gasteiger partial charge on any atom is 0.0267 e. The average Bonchev–Trinajstić information content (AvgIpc) is 3.30. The topological polar surface area (TPSA) is 12.9 Å². The zero-order chi connectivity index (χ0) is 18.0.